The topological polar surface area (TPSA) is 61.2 Å². The number of hydrogen-bond acceptors (Lipinski definition) is 4. The molecule has 0 saturated carbocycles. The van der Waals surface area contributed by atoms with E-state index in [2.05, 4.69) is 17.9 Å². The Morgan fingerprint density at radius 3 is 2.85 bits per heavy atom. The Labute approximate surface area is 120 Å². The zero-order chi connectivity index (χ0) is 14.6. The summed E-state index contributed by atoms with van der Waals surface area (Å²) in [7, 11) is -2.86. The molecule has 0 unspecified atom stereocenters. The lowest BCUT2D eigenvalue weighted by Gasteiger charge is -2.27. The van der Waals surface area contributed by atoms with Crippen LogP contribution in [-0.4, -0.2) is 37.4 Å². The van der Waals surface area contributed by atoms with Gasteiger partial charge >= 0.3 is 0 Å². The maximum Gasteiger partial charge on any atom is 0.151 e. The second kappa shape index (κ2) is 6.38. The van der Waals surface area contributed by atoms with Gasteiger partial charge in [-0.3, -0.25) is 4.90 Å². The van der Waals surface area contributed by atoms with Crippen LogP contribution in [0.2, 0.25) is 0 Å². The highest BCUT2D eigenvalue weighted by molar-refractivity contribution is 7.91. The van der Waals surface area contributed by atoms with Gasteiger partial charge in [0.1, 0.15) is 0 Å². The molecule has 0 aliphatic carbocycles. The number of nitriles is 1. The first kappa shape index (κ1) is 15.0. The summed E-state index contributed by atoms with van der Waals surface area (Å²) >= 11 is 0. The van der Waals surface area contributed by atoms with E-state index < -0.39 is 9.84 Å². The van der Waals surface area contributed by atoms with Crippen molar-refractivity contribution in [3.8, 4) is 6.07 Å². The first-order chi connectivity index (χ1) is 9.54. The van der Waals surface area contributed by atoms with Gasteiger partial charge in [0.05, 0.1) is 23.1 Å². The zero-order valence-corrected chi connectivity index (χ0v) is 12.6. The molecule has 20 heavy (non-hydrogen) atoms. The number of nitrogens with zero attached hydrogens (tertiary/aromatic N) is 2. The lowest BCUT2D eigenvalue weighted by atomic mass is 10.1. The average Bonchev–Trinajstić information content (AvgIpc) is 2.79. The highest BCUT2D eigenvalue weighted by atomic mass is 32.2. The number of rotatable bonds is 5. The van der Waals surface area contributed by atoms with Gasteiger partial charge in [-0.15, -0.1) is 0 Å². The van der Waals surface area contributed by atoms with Gasteiger partial charge in [0.2, 0.25) is 0 Å². The fraction of sp³-hybridized carbons (Fsp3) is 0.533. The van der Waals surface area contributed by atoms with Gasteiger partial charge < -0.3 is 0 Å². The van der Waals surface area contributed by atoms with Crippen molar-refractivity contribution in [3.63, 3.8) is 0 Å². The second-order valence-corrected chi connectivity index (χ2v) is 7.57. The van der Waals surface area contributed by atoms with Crippen molar-refractivity contribution in [3.05, 3.63) is 35.4 Å². The maximum absolute atomic E-state index is 11.6. The van der Waals surface area contributed by atoms with Crippen molar-refractivity contribution in [1.82, 2.24) is 4.90 Å². The van der Waals surface area contributed by atoms with Crippen molar-refractivity contribution >= 4 is 9.84 Å². The molecule has 0 N–H and O–H groups in total. The Morgan fingerprint density at radius 1 is 1.45 bits per heavy atom. The molecule has 1 atom stereocenters. The predicted octanol–water partition coefficient (Wildman–Crippen LogP) is 1.96. The quantitative estimate of drug-likeness (QED) is 0.832. The summed E-state index contributed by atoms with van der Waals surface area (Å²) in [5, 5.41) is 8.94. The molecule has 1 aromatic rings. The van der Waals surface area contributed by atoms with Crippen LogP contribution in [-0.2, 0) is 16.4 Å². The van der Waals surface area contributed by atoms with E-state index in [9.17, 15) is 8.42 Å². The summed E-state index contributed by atoms with van der Waals surface area (Å²) < 4.78 is 23.3. The first-order valence-corrected chi connectivity index (χ1v) is 8.79. The minimum atomic E-state index is -2.86. The third kappa shape index (κ3) is 3.81. The number of benzene rings is 1. The molecule has 1 saturated heterocycles. The Kier molecular flexibility index (Phi) is 4.79. The van der Waals surface area contributed by atoms with Gasteiger partial charge in [-0.25, -0.2) is 8.42 Å². The molecule has 0 amide bonds. The van der Waals surface area contributed by atoms with E-state index in [0.29, 0.717) is 17.9 Å². The Bertz CT molecular complexity index is 605. The lowest BCUT2D eigenvalue weighted by Crippen LogP contribution is -2.36. The Hall–Kier alpha value is -1.38. The van der Waals surface area contributed by atoms with Crippen LogP contribution >= 0.6 is 0 Å². The fourth-order valence-electron chi connectivity index (χ4n) is 2.72. The van der Waals surface area contributed by atoms with E-state index in [1.54, 1.807) is 6.07 Å². The molecule has 1 fully saturated rings. The van der Waals surface area contributed by atoms with Crippen LogP contribution in [0.25, 0.3) is 0 Å². The van der Waals surface area contributed by atoms with Crippen LogP contribution < -0.4 is 0 Å². The predicted molar refractivity (Wildman–Crippen MR) is 78.9 cm³/mol. The molecule has 2 rings (SSSR count). The van der Waals surface area contributed by atoms with Crippen molar-refractivity contribution in [2.24, 2.45) is 0 Å². The van der Waals surface area contributed by atoms with Gasteiger partial charge in [0.15, 0.2) is 9.84 Å². The minimum Gasteiger partial charge on any atom is -0.295 e. The number of sulfone groups is 1. The lowest BCUT2D eigenvalue weighted by molar-refractivity contribution is 0.204. The van der Waals surface area contributed by atoms with Gasteiger partial charge in [0.25, 0.3) is 0 Å². The van der Waals surface area contributed by atoms with Gasteiger partial charge in [-0.1, -0.05) is 19.1 Å². The van der Waals surface area contributed by atoms with E-state index in [1.165, 1.54) is 0 Å². The van der Waals surface area contributed by atoms with Crippen molar-refractivity contribution < 1.29 is 8.42 Å². The monoisotopic (exact) mass is 292 g/mol. The molecule has 1 aliphatic rings. The molecule has 0 bridgehead atoms. The third-order valence-electron chi connectivity index (χ3n) is 3.68. The summed E-state index contributed by atoms with van der Waals surface area (Å²) in [5.74, 6) is 0.570. The Morgan fingerprint density at radius 2 is 2.25 bits per heavy atom. The summed E-state index contributed by atoms with van der Waals surface area (Å²) in [4.78, 5) is 2.24. The first-order valence-electron chi connectivity index (χ1n) is 6.97. The van der Waals surface area contributed by atoms with Crippen LogP contribution in [0, 0.1) is 11.3 Å². The van der Waals surface area contributed by atoms with Crippen molar-refractivity contribution in [1.29, 1.82) is 5.26 Å². The average molecular weight is 292 g/mol. The highest BCUT2D eigenvalue weighted by Crippen LogP contribution is 2.20. The van der Waals surface area contributed by atoms with Gasteiger partial charge in [0, 0.05) is 12.6 Å². The van der Waals surface area contributed by atoms with E-state index in [4.69, 9.17) is 5.26 Å². The molecule has 0 aromatic heterocycles. The molecular formula is C15H20N2O2S. The molecular weight excluding hydrogens is 272 g/mol. The standard InChI is InChI=1S/C15H20N2O2S/c1-2-7-17(15-6-8-20(18,19)12-15)11-14-5-3-4-13(9-14)10-16/h3-5,9,15H,2,6-8,11-12H2,1H3/t15-/m1/s1. The smallest absolute Gasteiger partial charge is 0.151 e. The van der Waals surface area contributed by atoms with Crippen molar-refractivity contribution in [2.45, 2.75) is 32.4 Å². The van der Waals surface area contributed by atoms with Crippen LogP contribution in [0.3, 0.4) is 0 Å². The maximum atomic E-state index is 11.6. The fourth-order valence-corrected chi connectivity index (χ4v) is 4.48. The van der Waals surface area contributed by atoms with E-state index >= 15 is 0 Å². The molecule has 1 aliphatic heterocycles. The molecule has 0 radical (unpaired) electrons. The van der Waals surface area contributed by atoms with E-state index in [0.717, 1.165) is 24.9 Å². The van der Waals surface area contributed by atoms with Crippen LogP contribution in [0.1, 0.15) is 30.9 Å². The minimum absolute atomic E-state index is 0.116. The summed E-state index contributed by atoms with van der Waals surface area (Å²) in [6.45, 7) is 3.70. The normalized spacial score (nSPS) is 20.9. The molecule has 4 nitrogen and oxygen atoms in total. The largest absolute Gasteiger partial charge is 0.295 e. The van der Waals surface area contributed by atoms with E-state index in [1.807, 2.05) is 18.2 Å². The molecule has 1 heterocycles. The zero-order valence-electron chi connectivity index (χ0n) is 11.7. The van der Waals surface area contributed by atoms with Gasteiger partial charge in [-0.2, -0.15) is 5.26 Å². The van der Waals surface area contributed by atoms with Crippen LogP contribution in [0.4, 0.5) is 0 Å². The molecule has 1 aromatic carbocycles. The molecule has 108 valence electrons. The van der Waals surface area contributed by atoms with Crippen molar-refractivity contribution in [2.75, 3.05) is 18.1 Å². The van der Waals surface area contributed by atoms with Crippen LogP contribution in [0.15, 0.2) is 24.3 Å². The van der Waals surface area contributed by atoms with Gasteiger partial charge in [-0.05, 0) is 37.1 Å². The second-order valence-electron chi connectivity index (χ2n) is 5.34. The summed E-state index contributed by atoms with van der Waals surface area (Å²) in [6, 6.07) is 9.80. The Balaban J connectivity index is 2.11. The SMILES string of the molecule is CCCN(Cc1cccc(C#N)c1)[C@@H]1CCS(=O)(=O)C1. The number of hydrogen-bond donors (Lipinski definition) is 0. The van der Waals surface area contributed by atoms with Crippen LogP contribution in [0.5, 0.6) is 0 Å². The highest BCUT2D eigenvalue weighted by Gasteiger charge is 2.31. The summed E-state index contributed by atoms with van der Waals surface area (Å²) in [6.07, 6.45) is 1.72. The molecule has 5 heteroatoms. The third-order valence-corrected chi connectivity index (χ3v) is 5.43. The van der Waals surface area contributed by atoms with E-state index in [-0.39, 0.29) is 11.8 Å². The molecule has 0 spiro atoms. The summed E-state index contributed by atoms with van der Waals surface area (Å²) in [5.41, 5.74) is 1.72.